The van der Waals surface area contributed by atoms with Crippen molar-refractivity contribution in [3.8, 4) is 0 Å². The van der Waals surface area contributed by atoms with Crippen LogP contribution in [0.25, 0.3) is 0 Å². The van der Waals surface area contributed by atoms with Gasteiger partial charge in [-0.1, -0.05) is 27.7 Å². The Morgan fingerprint density at radius 3 is 2.45 bits per heavy atom. The first-order valence-electron chi connectivity index (χ1n) is 7.74. The molecule has 1 aromatic heterocycles. The van der Waals surface area contributed by atoms with Crippen LogP contribution in [0.2, 0.25) is 0 Å². The number of thiazole rings is 1. The Morgan fingerprint density at radius 1 is 1.30 bits per heavy atom. The van der Waals surface area contributed by atoms with E-state index in [1.54, 1.807) is 0 Å². The van der Waals surface area contributed by atoms with Crippen molar-refractivity contribution in [2.45, 2.75) is 71.6 Å². The van der Waals surface area contributed by atoms with Crippen LogP contribution in [0.15, 0.2) is 0 Å². The molecular weight excluding hydrogens is 268 g/mol. The molecule has 0 radical (unpaired) electrons. The van der Waals surface area contributed by atoms with Crippen molar-refractivity contribution < 1.29 is 4.74 Å². The Hall–Kier alpha value is -0.450. The molecule has 1 aliphatic rings. The van der Waals surface area contributed by atoms with Gasteiger partial charge in [-0.3, -0.25) is 0 Å². The van der Waals surface area contributed by atoms with Crippen LogP contribution in [0.4, 0.5) is 0 Å². The fraction of sp³-hybridized carbons (Fsp3) is 0.812. The second-order valence-corrected chi connectivity index (χ2v) is 7.66. The Kier molecular flexibility index (Phi) is 5.21. The lowest BCUT2D eigenvalue weighted by molar-refractivity contribution is -0.0780. The van der Waals surface area contributed by atoms with Crippen LogP contribution < -0.4 is 5.32 Å². The third-order valence-corrected chi connectivity index (χ3v) is 5.28. The second-order valence-electron chi connectivity index (χ2n) is 6.57. The highest BCUT2D eigenvalue weighted by Gasteiger charge is 2.42. The largest absolute Gasteiger partial charge is 0.371 e. The summed E-state index contributed by atoms with van der Waals surface area (Å²) in [6.07, 6.45) is 4.56. The Labute approximate surface area is 127 Å². The maximum Gasteiger partial charge on any atom is 0.125 e. The van der Waals surface area contributed by atoms with Gasteiger partial charge in [0.05, 0.1) is 5.69 Å². The number of nitrogens with one attached hydrogen (secondary N) is 1. The van der Waals surface area contributed by atoms with Crippen LogP contribution in [0.3, 0.4) is 0 Å². The van der Waals surface area contributed by atoms with E-state index >= 15 is 0 Å². The quantitative estimate of drug-likeness (QED) is 0.829. The van der Waals surface area contributed by atoms with E-state index in [0.29, 0.717) is 12.0 Å². The van der Waals surface area contributed by atoms with Gasteiger partial charge < -0.3 is 10.1 Å². The number of ether oxygens (including phenoxy) is 1. The Bertz CT molecular complexity index is 430. The average Bonchev–Trinajstić information content (AvgIpc) is 2.68. The van der Waals surface area contributed by atoms with E-state index in [1.165, 1.54) is 22.0 Å². The van der Waals surface area contributed by atoms with Crippen molar-refractivity contribution in [2.24, 2.45) is 5.92 Å². The molecule has 0 aromatic carbocycles. The maximum absolute atomic E-state index is 5.79. The van der Waals surface area contributed by atoms with Gasteiger partial charge in [0.2, 0.25) is 0 Å². The van der Waals surface area contributed by atoms with E-state index in [1.807, 2.05) is 18.4 Å². The molecule has 0 unspecified atom stereocenters. The van der Waals surface area contributed by atoms with Crippen LogP contribution >= 0.6 is 11.3 Å². The summed E-state index contributed by atoms with van der Waals surface area (Å²) in [5, 5.41) is 4.72. The predicted octanol–water partition coefficient (Wildman–Crippen LogP) is 3.87. The van der Waals surface area contributed by atoms with Crippen molar-refractivity contribution in [2.75, 3.05) is 7.11 Å². The van der Waals surface area contributed by atoms with Gasteiger partial charge in [0.1, 0.15) is 10.6 Å². The molecule has 1 heterocycles. The van der Waals surface area contributed by atoms with Crippen molar-refractivity contribution in [3.05, 3.63) is 15.6 Å². The van der Waals surface area contributed by atoms with Crippen molar-refractivity contribution in [1.29, 1.82) is 0 Å². The standard InChI is InChI=1S/C16H28N2OS/c1-11(2)9-13-14(10-17-12(3)4)20-15(18-13)16(19-5)7-6-8-16/h11-12,17H,6-10H2,1-5H3. The number of hydrogen-bond donors (Lipinski definition) is 1. The molecule has 1 N–H and O–H groups in total. The minimum absolute atomic E-state index is 0.0769. The molecule has 4 heteroatoms. The van der Waals surface area contributed by atoms with Crippen molar-refractivity contribution in [3.63, 3.8) is 0 Å². The maximum atomic E-state index is 5.79. The zero-order valence-corrected chi connectivity index (χ0v) is 14.3. The molecule has 1 aliphatic carbocycles. The third kappa shape index (κ3) is 3.41. The van der Waals surface area contributed by atoms with Gasteiger partial charge in [-0.25, -0.2) is 4.98 Å². The van der Waals surface area contributed by atoms with Gasteiger partial charge in [-0.2, -0.15) is 0 Å². The molecule has 0 spiro atoms. The van der Waals surface area contributed by atoms with Gasteiger partial charge in [0.15, 0.2) is 0 Å². The van der Waals surface area contributed by atoms with E-state index in [9.17, 15) is 0 Å². The van der Waals surface area contributed by atoms with Crippen molar-refractivity contribution >= 4 is 11.3 Å². The summed E-state index contributed by atoms with van der Waals surface area (Å²) in [6, 6.07) is 0.507. The fourth-order valence-electron chi connectivity index (χ4n) is 2.56. The van der Waals surface area contributed by atoms with Gasteiger partial charge in [-0.05, 0) is 31.6 Å². The van der Waals surface area contributed by atoms with Gasteiger partial charge in [-0.15, -0.1) is 11.3 Å². The topological polar surface area (TPSA) is 34.1 Å². The monoisotopic (exact) mass is 296 g/mol. The molecular formula is C16H28N2OS. The number of hydrogen-bond acceptors (Lipinski definition) is 4. The van der Waals surface area contributed by atoms with Gasteiger partial charge in [0, 0.05) is 24.6 Å². The third-order valence-electron chi connectivity index (χ3n) is 3.99. The smallest absolute Gasteiger partial charge is 0.125 e. The number of aromatic nitrogens is 1. The molecule has 0 aliphatic heterocycles. The fourth-order valence-corrected chi connectivity index (χ4v) is 3.83. The van der Waals surface area contributed by atoms with Crippen LogP contribution in [-0.2, 0) is 23.3 Å². The molecule has 2 rings (SSSR count). The lowest BCUT2D eigenvalue weighted by atomic mass is 9.80. The molecule has 0 saturated heterocycles. The van der Waals surface area contributed by atoms with Gasteiger partial charge >= 0.3 is 0 Å². The molecule has 0 atom stereocenters. The zero-order chi connectivity index (χ0) is 14.8. The highest BCUT2D eigenvalue weighted by molar-refractivity contribution is 7.11. The number of nitrogens with zero attached hydrogens (tertiary/aromatic N) is 1. The summed E-state index contributed by atoms with van der Waals surface area (Å²) in [4.78, 5) is 6.34. The molecule has 0 amide bonds. The lowest BCUT2D eigenvalue weighted by Gasteiger charge is -2.38. The van der Waals surface area contributed by atoms with E-state index in [-0.39, 0.29) is 5.60 Å². The highest BCUT2D eigenvalue weighted by atomic mass is 32.1. The summed E-state index contributed by atoms with van der Waals surface area (Å²) in [6.45, 7) is 9.82. The summed E-state index contributed by atoms with van der Waals surface area (Å²) in [5.41, 5.74) is 1.20. The molecule has 20 heavy (non-hydrogen) atoms. The zero-order valence-electron chi connectivity index (χ0n) is 13.5. The molecule has 1 saturated carbocycles. The second kappa shape index (κ2) is 6.54. The number of methoxy groups -OCH3 is 1. The van der Waals surface area contributed by atoms with Crippen LogP contribution in [-0.4, -0.2) is 18.1 Å². The molecule has 114 valence electrons. The van der Waals surface area contributed by atoms with E-state index < -0.39 is 0 Å². The summed E-state index contributed by atoms with van der Waals surface area (Å²) < 4.78 is 5.79. The number of rotatable bonds is 7. The van der Waals surface area contributed by atoms with E-state index in [4.69, 9.17) is 9.72 Å². The normalized spacial score (nSPS) is 17.8. The van der Waals surface area contributed by atoms with Crippen molar-refractivity contribution in [1.82, 2.24) is 10.3 Å². The first kappa shape index (κ1) is 15.9. The summed E-state index contributed by atoms with van der Waals surface area (Å²) >= 11 is 1.85. The van der Waals surface area contributed by atoms with Crippen LogP contribution in [0.5, 0.6) is 0 Å². The highest BCUT2D eigenvalue weighted by Crippen LogP contribution is 2.46. The Balaban J connectivity index is 2.21. The van der Waals surface area contributed by atoms with Gasteiger partial charge in [0.25, 0.3) is 0 Å². The first-order chi connectivity index (χ1) is 9.47. The first-order valence-corrected chi connectivity index (χ1v) is 8.56. The van der Waals surface area contributed by atoms with Crippen LogP contribution in [0, 0.1) is 5.92 Å². The minimum atomic E-state index is -0.0769. The van der Waals surface area contributed by atoms with E-state index in [2.05, 4.69) is 33.0 Å². The molecule has 1 aromatic rings. The van der Waals surface area contributed by atoms with E-state index in [0.717, 1.165) is 25.8 Å². The predicted molar refractivity (Wildman–Crippen MR) is 85.2 cm³/mol. The summed E-state index contributed by atoms with van der Waals surface area (Å²) in [5.74, 6) is 0.641. The molecule has 3 nitrogen and oxygen atoms in total. The molecule has 0 bridgehead atoms. The Morgan fingerprint density at radius 2 is 2.00 bits per heavy atom. The summed E-state index contributed by atoms with van der Waals surface area (Å²) in [7, 11) is 1.83. The lowest BCUT2D eigenvalue weighted by Crippen LogP contribution is -2.35. The van der Waals surface area contributed by atoms with Crippen LogP contribution in [0.1, 0.15) is 62.5 Å². The SMILES string of the molecule is COC1(c2nc(CC(C)C)c(CNC(C)C)s2)CCC1. The minimum Gasteiger partial charge on any atom is -0.371 e. The average molecular weight is 296 g/mol. The molecule has 1 fully saturated rings.